The lowest BCUT2D eigenvalue weighted by atomic mass is 9.87. The molecule has 5 rings (SSSR count). The number of nitrogens with zero attached hydrogens (tertiary/aromatic N) is 4. The van der Waals surface area contributed by atoms with Crippen molar-refractivity contribution in [1.29, 1.82) is 0 Å². The number of methoxy groups -OCH3 is 1. The van der Waals surface area contributed by atoms with Crippen LogP contribution in [0.4, 0.5) is 0 Å². The summed E-state index contributed by atoms with van der Waals surface area (Å²) in [5, 5.41) is 0. The molecule has 186 valence electrons. The number of piperidine rings is 1. The molecule has 0 spiro atoms. The van der Waals surface area contributed by atoms with Gasteiger partial charge in [-0.2, -0.15) is 0 Å². The second kappa shape index (κ2) is 9.85. The number of aromatic nitrogens is 3. The molecule has 4 heterocycles. The lowest BCUT2D eigenvalue weighted by molar-refractivity contribution is -0.146. The monoisotopic (exact) mass is 478 g/mol. The van der Waals surface area contributed by atoms with Crippen LogP contribution in [0.3, 0.4) is 0 Å². The summed E-state index contributed by atoms with van der Waals surface area (Å²) < 4.78 is 19.6. The highest BCUT2D eigenvalue weighted by Crippen LogP contribution is 2.33. The number of ether oxygens (including phenoxy) is 3. The fourth-order valence-electron chi connectivity index (χ4n) is 5.39. The molecule has 2 fully saturated rings. The van der Waals surface area contributed by atoms with Crippen LogP contribution in [0.1, 0.15) is 51.4 Å². The first kappa shape index (κ1) is 23.6. The van der Waals surface area contributed by atoms with Gasteiger partial charge < -0.3 is 23.7 Å². The summed E-state index contributed by atoms with van der Waals surface area (Å²) >= 11 is 0. The molecule has 1 unspecified atom stereocenters. The Balaban J connectivity index is 1.31. The second-order valence-electron chi connectivity index (χ2n) is 10.0. The number of benzene rings is 1. The van der Waals surface area contributed by atoms with E-state index in [0.29, 0.717) is 24.7 Å². The Labute approximate surface area is 206 Å². The highest BCUT2D eigenvalue weighted by Gasteiger charge is 2.36. The Kier molecular flexibility index (Phi) is 6.65. The van der Waals surface area contributed by atoms with Crippen LogP contribution < -0.4 is 9.47 Å². The van der Waals surface area contributed by atoms with Crippen molar-refractivity contribution in [3.05, 3.63) is 48.4 Å². The number of hydrogen-bond donors (Lipinski definition) is 0. The van der Waals surface area contributed by atoms with E-state index in [0.717, 1.165) is 55.8 Å². The molecule has 2 aliphatic rings. The SMILES string of the molecule is COc1ccccc1OCc1nc2cccnc2n1C1CCN(C(=O)C2CCOC(C)(C)C2)CC1. The first-order chi connectivity index (χ1) is 16.9. The normalized spacial score (nSPS) is 20.7. The van der Waals surface area contributed by atoms with Gasteiger partial charge in [-0.05, 0) is 63.8 Å². The van der Waals surface area contributed by atoms with E-state index in [4.69, 9.17) is 19.2 Å². The first-order valence-corrected chi connectivity index (χ1v) is 12.5. The van der Waals surface area contributed by atoms with Crippen molar-refractivity contribution in [2.75, 3.05) is 26.8 Å². The Morgan fingerprint density at radius 1 is 1.11 bits per heavy atom. The fourth-order valence-corrected chi connectivity index (χ4v) is 5.39. The fraction of sp³-hybridized carbons (Fsp3) is 0.519. The number of imidazole rings is 1. The van der Waals surface area contributed by atoms with Gasteiger partial charge in [-0.3, -0.25) is 4.79 Å². The number of likely N-dealkylation sites (tertiary alicyclic amines) is 1. The van der Waals surface area contributed by atoms with Gasteiger partial charge in [0.15, 0.2) is 17.1 Å². The van der Waals surface area contributed by atoms with Crippen molar-refractivity contribution in [2.24, 2.45) is 5.92 Å². The van der Waals surface area contributed by atoms with E-state index < -0.39 is 0 Å². The topological polar surface area (TPSA) is 78.7 Å². The van der Waals surface area contributed by atoms with Crippen LogP contribution in [-0.4, -0.2) is 57.7 Å². The van der Waals surface area contributed by atoms with Crippen LogP contribution in [0, 0.1) is 5.92 Å². The minimum atomic E-state index is -0.228. The third-order valence-electron chi connectivity index (χ3n) is 7.14. The Morgan fingerprint density at radius 2 is 1.89 bits per heavy atom. The maximum atomic E-state index is 13.2. The molecule has 3 aromatic rings. The second-order valence-corrected chi connectivity index (χ2v) is 10.0. The van der Waals surface area contributed by atoms with E-state index in [2.05, 4.69) is 23.4 Å². The average molecular weight is 479 g/mol. The van der Waals surface area contributed by atoms with Crippen molar-refractivity contribution in [2.45, 2.75) is 57.8 Å². The maximum absolute atomic E-state index is 13.2. The van der Waals surface area contributed by atoms with Crippen molar-refractivity contribution in [3.8, 4) is 11.5 Å². The largest absolute Gasteiger partial charge is 0.493 e. The molecule has 0 N–H and O–H groups in total. The molecule has 35 heavy (non-hydrogen) atoms. The van der Waals surface area contributed by atoms with Gasteiger partial charge in [0.1, 0.15) is 17.9 Å². The molecule has 1 amide bonds. The predicted molar refractivity (Wildman–Crippen MR) is 132 cm³/mol. The van der Waals surface area contributed by atoms with Crippen LogP contribution >= 0.6 is 0 Å². The number of pyridine rings is 1. The van der Waals surface area contributed by atoms with Gasteiger partial charge in [0, 0.05) is 37.9 Å². The zero-order valence-corrected chi connectivity index (χ0v) is 20.8. The summed E-state index contributed by atoms with van der Waals surface area (Å²) in [6.07, 6.45) is 5.12. The van der Waals surface area contributed by atoms with E-state index >= 15 is 0 Å². The van der Waals surface area contributed by atoms with Gasteiger partial charge in [-0.15, -0.1) is 0 Å². The molecule has 2 saturated heterocycles. The molecule has 2 aromatic heterocycles. The summed E-state index contributed by atoms with van der Waals surface area (Å²) in [6.45, 7) is 6.59. The van der Waals surface area contributed by atoms with Gasteiger partial charge in [-0.25, -0.2) is 9.97 Å². The van der Waals surface area contributed by atoms with E-state index in [-0.39, 0.29) is 23.5 Å². The number of rotatable bonds is 6. The summed E-state index contributed by atoms with van der Waals surface area (Å²) in [7, 11) is 1.64. The number of carbonyl (C=O) groups is 1. The summed E-state index contributed by atoms with van der Waals surface area (Å²) in [4.78, 5) is 24.8. The number of carbonyl (C=O) groups excluding carboxylic acids is 1. The lowest BCUT2D eigenvalue weighted by Gasteiger charge is -2.39. The number of amides is 1. The molecular weight excluding hydrogens is 444 g/mol. The molecule has 0 aliphatic carbocycles. The van der Waals surface area contributed by atoms with Gasteiger partial charge in [-0.1, -0.05) is 12.1 Å². The quantitative estimate of drug-likeness (QED) is 0.523. The van der Waals surface area contributed by atoms with Crippen molar-refractivity contribution >= 4 is 17.1 Å². The van der Waals surface area contributed by atoms with Crippen molar-refractivity contribution in [1.82, 2.24) is 19.4 Å². The highest BCUT2D eigenvalue weighted by molar-refractivity contribution is 5.79. The van der Waals surface area contributed by atoms with Crippen LogP contribution in [0.5, 0.6) is 11.5 Å². The highest BCUT2D eigenvalue weighted by atomic mass is 16.5. The first-order valence-electron chi connectivity index (χ1n) is 12.5. The van der Waals surface area contributed by atoms with E-state index in [1.807, 2.05) is 41.3 Å². The molecule has 0 saturated carbocycles. The lowest BCUT2D eigenvalue weighted by Crippen LogP contribution is -2.46. The molecular formula is C27H34N4O4. The maximum Gasteiger partial charge on any atom is 0.225 e. The van der Waals surface area contributed by atoms with Gasteiger partial charge in [0.05, 0.1) is 12.7 Å². The average Bonchev–Trinajstić information content (AvgIpc) is 3.25. The minimum Gasteiger partial charge on any atom is -0.493 e. The van der Waals surface area contributed by atoms with Crippen LogP contribution in [0.25, 0.3) is 11.2 Å². The molecule has 8 nitrogen and oxygen atoms in total. The van der Waals surface area contributed by atoms with Crippen LogP contribution in [0.2, 0.25) is 0 Å². The van der Waals surface area contributed by atoms with Crippen molar-refractivity contribution < 1.29 is 19.0 Å². The Bertz CT molecular complexity index is 1180. The molecule has 8 heteroatoms. The Morgan fingerprint density at radius 3 is 2.63 bits per heavy atom. The van der Waals surface area contributed by atoms with E-state index in [1.54, 1.807) is 13.3 Å². The van der Waals surface area contributed by atoms with Crippen LogP contribution in [-0.2, 0) is 16.1 Å². The third kappa shape index (κ3) is 4.98. The van der Waals surface area contributed by atoms with E-state index in [9.17, 15) is 4.79 Å². The number of para-hydroxylation sites is 2. The Hall–Kier alpha value is -3.13. The summed E-state index contributed by atoms with van der Waals surface area (Å²) in [5.74, 6) is 2.53. The molecule has 1 atom stereocenters. The van der Waals surface area contributed by atoms with Gasteiger partial charge in [0.2, 0.25) is 5.91 Å². The van der Waals surface area contributed by atoms with E-state index in [1.165, 1.54) is 0 Å². The van der Waals surface area contributed by atoms with Gasteiger partial charge in [0.25, 0.3) is 0 Å². The predicted octanol–water partition coefficient (Wildman–Crippen LogP) is 4.39. The van der Waals surface area contributed by atoms with Gasteiger partial charge >= 0.3 is 0 Å². The molecule has 0 bridgehead atoms. The molecule has 2 aliphatic heterocycles. The minimum absolute atomic E-state index is 0.0517. The molecule has 1 aromatic carbocycles. The van der Waals surface area contributed by atoms with Crippen LogP contribution in [0.15, 0.2) is 42.6 Å². The standard InChI is InChI=1S/C27H34N4O4/c1-27(2)17-19(12-16-35-27)26(32)30-14-10-20(11-15-30)31-24(29-21-7-6-13-28-25(21)31)18-34-23-9-5-4-8-22(23)33-3/h4-9,13,19-20H,10-12,14-18H2,1-3H3. The molecule has 0 radical (unpaired) electrons. The third-order valence-corrected chi connectivity index (χ3v) is 7.14. The number of fused-ring (bicyclic) bond motifs is 1. The van der Waals surface area contributed by atoms with Crippen molar-refractivity contribution in [3.63, 3.8) is 0 Å². The summed E-state index contributed by atoms with van der Waals surface area (Å²) in [5.41, 5.74) is 1.49. The summed E-state index contributed by atoms with van der Waals surface area (Å²) in [6, 6.07) is 11.7. The smallest absolute Gasteiger partial charge is 0.225 e. The zero-order chi connectivity index (χ0) is 24.4. The number of hydrogen-bond acceptors (Lipinski definition) is 6. The zero-order valence-electron chi connectivity index (χ0n) is 20.8.